The lowest BCUT2D eigenvalue weighted by Crippen LogP contribution is -2.39. The second kappa shape index (κ2) is 7.62. The van der Waals surface area contributed by atoms with Gasteiger partial charge < -0.3 is 14.8 Å². The standard InChI is InChI=1S/C19H26N2O3/c1-13-18(14-8-6-5-7-9-14)24-17(21-13)11-10-16(23)20-12-15(22)19(2,3)4/h5-9,15,22H,10-12H2,1-4H3,(H,20,23). The van der Waals surface area contributed by atoms with Crippen LogP contribution in [0.25, 0.3) is 11.3 Å². The minimum atomic E-state index is -0.574. The van der Waals surface area contributed by atoms with E-state index in [-0.39, 0.29) is 24.3 Å². The third-order valence-corrected chi connectivity index (χ3v) is 3.94. The molecular weight excluding hydrogens is 304 g/mol. The fraction of sp³-hybridized carbons (Fsp3) is 0.474. The number of carbonyl (C=O) groups is 1. The highest BCUT2D eigenvalue weighted by molar-refractivity contribution is 5.76. The Balaban J connectivity index is 1.88. The first-order chi connectivity index (χ1) is 11.3. The van der Waals surface area contributed by atoms with Crippen LogP contribution in [0, 0.1) is 12.3 Å². The number of oxazole rings is 1. The van der Waals surface area contributed by atoms with E-state index in [9.17, 15) is 9.90 Å². The fourth-order valence-corrected chi connectivity index (χ4v) is 2.24. The molecule has 2 N–H and O–H groups in total. The Kier molecular flexibility index (Phi) is 5.78. The molecule has 0 radical (unpaired) electrons. The molecule has 5 heteroatoms. The molecule has 0 saturated heterocycles. The number of aliphatic hydroxyl groups is 1. The predicted molar refractivity (Wildman–Crippen MR) is 93.5 cm³/mol. The van der Waals surface area contributed by atoms with Crippen molar-refractivity contribution in [2.75, 3.05) is 6.54 Å². The van der Waals surface area contributed by atoms with Gasteiger partial charge in [0.2, 0.25) is 5.91 Å². The van der Waals surface area contributed by atoms with Crippen molar-refractivity contribution in [3.8, 4) is 11.3 Å². The maximum absolute atomic E-state index is 11.9. The van der Waals surface area contributed by atoms with Crippen LogP contribution in [0.15, 0.2) is 34.7 Å². The highest BCUT2D eigenvalue weighted by atomic mass is 16.4. The Morgan fingerprint density at radius 3 is 2.58 bits per heavy atom. The largest absolute Gasteiger partial charge is 0.440 e. The fourth-order valence-electron chi connectivity index (χ4n) is 2.24. The van der Waals surface area contributed by atoms with Crippen molar-refractivity contribution in [2.24, 2.45) is 5.41 Å². The van der Waals surface area contributed by atoms with E-state index in [4.69, 9.17) is 4.42 Å². The molecule has 0 aliphatic rings. The predicted octanol–water partition coefficient (Wildman–Crippen LogP) is 3.11. The third-order valence-electron chi connectivity index (χ3n) is 3.94. The van der Waals surface area contributed by atoms with Crippen LogP contribution in [0.3, 0.4) is 0 Å². The van der Waals surface area contributed by atoms with E-state index in [1.165, 1.54) is 0 Å². The maximum atomic E-state index is 11.9. The topological polar surface area (TPSA) is 75.4 Å². The third kappa shape index (κ3) is 4.93. The summed E-state index contributed by atoms with van der Waals surface area (Å²) in [6, 6.07) is 9.79. The summed E-state index contributed by atoms with van der Waals surface area (Å²) >= 11 is 0. The van der Waals surface area contributed by atoms with E-state index in [1.807, 2.05) is 58.0 Å². The van der Waals surface area contributed by atoms with E-state index in [2.05, 4.69) is 10.3 Å². The van der Waals surface area contributed by atoms with Crippen molar-refractivity contribution in [2.45, 2.75) is 46.6 Å². The van der Waals surface area contributed by atoms with Gasteiger partial charge in [0.15, 0.2) is 11.7 Å². The Bertz CT molecular complexity index is 672. The second-order valence-corrected chi connectivity index (χ2v) is 7.07. The number of nitrogens with zero attached hydrogens (tertiary/aromatic N) is 1. The van der Waals surface area contributed by atoms with Crippen molar-refractivity contribution in [3.63, 3.8) is 0 Å². The summed E-state index contributed by atoms with van der Waals surface area (Å²) in [5.41, 5.74) is 1.55. The summed E-state index contributed by atoms with van der Waals surface area (Å²) in [5.74, 6) is 1.18. The van der Waals surface area contributed by atoms with Gasteiger partial charge in [-0.1, -0.05) is 51.1 Å². The SMILES string of the molecule is Cc1nc(CCC(=O)NCC(O)C(C)(C)C)oc1-c1ccccc1. The Hall–Kier alpha value is -2.14. The molecule has 5 nitrogen and oxygen atoms in total. The molecule has 0 saturated carbocycles. The number of aromatic nitrogens is 1. The number of amides is 1. The zero-order valence-electron chi connectivity index (χ0n) is 14.8. The molecule has 130 valence electrons. The minimum Gasteiger partial charge on any atom is -0.440 e. The van der Waals surface area contributed by atoms with Crippen molar-refractivity contribution in [1.29, 1.82) is 0 Å². The van der Waals surface area contributed by atoms with Crippen LogP contribution in [-0.2, 0) is 11.2 Å². The zero-order valence-corrected chi connectivity index (χ0v) is 14.8. The average Bonchev–Trinajstić information content (AvgIpc) is 2.91. The molecule has 1 heterocycles. The molecule has 2 rings (SSSR count). The molecule has 0 spiro atoms. The minimum absolute atomic E-state index is 0.115. The smallest absolute Gasteiger partial charge is 0.220 e. The van der Waals surface area contributed by atoms with E-state index < -0.39 is 6.10 Å². The van der Waals surface area contributed by atoms with Gasteiger partial charge in [0, 0.05) is 24.9 Å². The molecule has 1 aromatic heterocycles. The molecule has 1 atom stereocenters. The van der Waals surface area contributed by atoms with Gasteiger partial charge >= 0.3 is 0 Å². The van der Waals surface area contributed by atoms with Crippen molar-refractivity contribution in [1.82, 2.24) is 10.3 Å². The van der Waals surface area contributed by atoms with Crippen LogP contribution >= 0.6 is 0 Å². The molecular formula is C19H26N2O3. The van der Waals surface area contributed by atoms with Gasteiger partial charge in [-0.15, -0.1) is 0 Å². The number of rotatable bonds is 6. The van der Waals surface area contributed by atoms with Gasteiger partial charge in [0.1, 0.15) is 0 Å². The highest BCUT2D eigenvalue weighted by Gasteiger charge is 2.22. The molecule has 0 bridgehead atoms. The number of benzene rings is 1. The van der Waals surface area contributed by atoms with E-state index >= 15 is 0 Å². The maximum Gasteiger partial charge on any atom is 0.220 e. The van der Waals surface area contributed by atoms with Gasteiger partial charge in [-0.2, -0.15) is 0 Å². The molecule has 1 amide bonds. The average molecular weight is 330 g/mol. The number of aliphatic hydroxyl groups excluding tert-OH is 1. The summed E-state index contributed by atoms with van der Waals surface area (Å²) < 4.78 is 5.79. The summed E-state index contributed by atoms with van der Waals surface area (Å²) in [6.45, 7) is 7.96. The Morgan fingerprint density at radius 1 is 1.29 bits per heavy atom. The first-order valence-electron chi connectivity index (χ1n) is 8.24. The summed E-state index contributed by atoms with van der Waals surface area (Å²) in [4.78, 5) is 16.3. The van der Waals surface area contributed by atoms with Gasteiger partial charge in [-0.05, 0) is 12.3 Å². The highest BCUT2D eigenvalue weighted by Crippen LogP contribution is 2.24. The number of hydrogen-bond donors (Lipinski definition) is 2. The molecule has 0 aliphatic heterocycles. The van der Waals surface area contributed by atoms with Crippen LogP contribution in [0.5, 0.6) is 0 Å². The lowest BCUT2D eigenvalue weighted by atomic mass is 9.89. The van der Waals surface area contributed by atoms with E-state index in [1.54, 1.807) is 0 Å². The molecule has 2 aromatic rings. The first kappa shape index (κ1) is 18.2. The lowest BCUT2D eigenvalue weighted by Gasteiger charge is -2.25. The quantitative estimate of drug-likeness (QED) is 0.853. The Morgan fingerprint density at radius 2 is 1.96 bits per heavy atom. The molecule has 1 unspecified atom stereocenters. The van der Waals surface area contributed by atoms with E-state index in [0.29, 0.717) is 12.3 Å². The molecule has 0 aliphatic carbocycles. The molecule has 24 heavy (non-hydrogen) atoms. The monoisotopic (exact) mass is 330 g/mol. The van der Waals surface area contributed by atoms with Gasteiger partial charge in [0.05, 0.1) is 11.8 Å². The first-order valence-corrected chi connectivity index (χ1v) is 8.24. The van der Waals surface area contributed by atoms with Crippen molar-refractivity contribution < 1.29 is 14.3 Å². The zero-order chi connectivity index (χ0) is 17.7. The number of hydrogen-bond acceptors (Lipinski definition) is 4. The van der Waals surface area contributed by atoms with Crippen molar-refractivity contribution in [3.05, 3.63) is 41.9 Å². The second-order valence-electron chi connectivity index (χ2n) is 7.07. The van der Waals surface area contributed by atoms with Crippen LogP contribution in [0.4, 0.5) is 0 Å². The van der Waals surface area contributed by atoms with Crippen molar-refractivity contribution >= 4 is 5.91 Å². The Labute approximate surface area is 143 Å². The lowest BCUT2D eigenvalue weighted by molar-refractivity contribution is -0.121. The summed E-state index contributed by atoms with van der Waals surface area (Å²) in [5, 5.41) is 12.7. The van der Waals surface area contributed by atoms with Crippen LogP contribution in [0.1, 0.15) is 38.8 Å². The number of aryl methyl sites for hydroxylation is 2. The molecule has 1 aromatic carbocycles. The van der Waals surface area contributed by atoms with Crippen LogP contribution in [0.2, 0.25) is 0 Å². The number of nitrogens with one attached hydrogen (secondary N) is 1. The number of carbonyl (C=O) groups excluding carboxylic acids is 1. The van der Waals surface area contributed by atoms with E-state index in [0.717, 1.165) is 17.0 Å². The van der Waals surface area contributed by atoms with Gasteiger partial charge in [-0.25, -0.2) is 4.98 Å². The van der Waals surface area contributed by atoms with Gasteiger partial charge in [-0.3, -0.25) is 4.79 Å². The molecule has 0 fully saturated rings. The summed E-state index contributed by atoms with van der Waals surface area (Å²) in [7, 11) is 0. The summed E-state index contributed by atoms with van der Waals surface area (Å²) in [6.07, 6.45) is 0.144. The normalized spacial score (nSPS) is 12.9. The van der Waals surface area contributed by atoms with Crippen LogP contribution in [-0.4, -0.2) is 28.6 Å². The van der Waals surface area contributed by atoms with Crippen LogP contribution < -0.4 is 5.32 Å². The van der Waals surface area contributed by atoms with Gasteiger partial charge in [0.25, 0.3) is 0 Å².